The number of benzene rings is 2. The zero-order valence-electron chi connectivity index (χ0n) is 16.8. The minimum absolute atomic E-state index is 0.0448. The van der Waals surface area contributed by atoms with E-state index in [2.05, 4.69) is 25.7 Å². The van der Waals surface area contributed by atoms with Crippen molar-refractivity contribution in [3.05, 3.63) is 90.0 Å². The lowest BCUT2D eigenvalue weighted by atomic mass is 10.1. The van der Waals surface area contributed by atoms with Crippen LogP contribution in [0.25, 0.3) is 5.82 Å². The highest BCUT2D eigenvalue weighted by molar-refractivity contribution is 5.92. The summed E-state index contributed by atoms with van der Waals surface area (Å²) in [5, 5.41) is 10.4. The van der Waals surface area contributed by atoms with E-state index in [1.165, 1.54) is 0 Å². The maximum absolute atomic E-state index is 12.3. The number of amides is 1. The van der Waals surface area contributed by atoms with Crippen molar-refractivity contribution in [2.75, 3.05) is 10.6 Å². The Hall–Kier alpha value is -4.00. The third kappa shape index (κ3) is 4.88. The summed E-state index contributed by atoms with van der Waals surface area (Å²) in [6.07, 6.45) is 3.88. The molecule has 0 spiro atoms. The van der Waals surface area contributed by atoms with Crippen LogP contribution >= 0.6 is 0 Å². The molecule has 2 aromatic carbocycles. The molecule has 2 heterocycles. The van der Waals surface area contributed by atoms with Crippen LogP contribution in [-0.4, -0.2) is 25.7 Å². The molecule has 0 fully saturated rings. The summed E-state index contributed by atoms with van der Waals surface area (Å²) in [4.78, 5) is 21.1. The summed E-state index contributed by atoms with van der Waals surface area (Å²) >= 11 is 0. The van der Waals surface area contributed by atoms with Crippen molar-refractivity contribution in [2.24, 2.45) is 0 Å². The number of carbonyl (C=O) groups is 1. The fraction of sp³-hybridized carbons (Fsp3) is 0.130. The second kappa shape index (κ2) is 8.57. The van der Waals surface area contributed by atoms with Crippen molar-refractivity contribution < 1.29 is 4.79 Å². The Morgan fingerprint density at radius 1 is 0.967 bits per heavy atom. The van der Waals surface area contributed by atoms with Gasteiger partial charge in [-0.2, -0.15) is 5.10 Å². The molecule has 1 amide bonds. The molecular weight excluding hydrogens is 376 g/mol. The van der Waals surface area contributed by atoms with Gasteiger partial charge in [0.2, 0.25) is 5.91 Å². The van der Waals surface area contributed by atoms with Crippen molar-refractivity contribution in [1.29, 1.82) is 0 Å². The van der Waals surface area contributed by atoms with Gasteiger partial charge in [-0.15, -0.1) is 0 Å². The standard InChI is InChI=1S/C23H22N6O/c1-16-5-3-6-18(13-16)14-23(30)28-20-9-7-19(8-10-20)27-21-15-22(26-17(2)25-21)29-12-4-11-24-29/h3-13,15H,14H2,1-2H3,(H,28,30)(H,25,26,27). The van der Waals surface area contributed by atoms with Crippen molar-refractivity contribution in [3.63, 3.8) is 0 Å². The second-order valence-electron chi connectivity index (χ2n) is 7.03. The Labute approximate surface area is 174 Å². The van der Waals surface area contributed by atoms with Gasteiger partial charge in [0.25, 0.3) is 0 Å². The van der Waals surface area contributed by atoms with Gasteiger partial charge in [0, 0.05) is 29.8 Å². The van der Waals surface area contributed by atoms with Crippen LogP contribution in [0.5, 0.6) is 0 Å². The molecule has 0 saturated heterocycles. The molecule has 0 saturated carbocycles. The fourth-order valence-corrected chi connectivity index (χ4v) is 3.14. The van der Waals surface area contributed by atoms with Crippen LogP contribution in [0.1, 0.15) is 17.0 Å². The summed E-state index contributed by atoms with van der Waals surface area (Å²) < 4.78 is 1.69. The van der Waals surface area contributed by atoms with E-state index in [-0.39, 0.29) is 5.91 Å². The molecule has 0 unspecified atom stereocenters. The van der Waals surface area contributed by atoms with Crippen LogP contribution in [0.15, 0.2) is 73.1 Å². The molecule has 0 aliphatic rings. The Morgan fingerprint density at radius 3 is 2.50 bits per heavy atom. The lowest BCUT2D eigenvalue weighted by molar-refractivity contribution is -0.115. The molecule has 7 nitrogen and oxygen atoms in total. The highest BCUT2D eigenvalue weighted by Gasteiger charge is 2.07. The maximum Gasteiger partial charge on any atom is 0.228 e. The van der Waals surface area contributed by atoms with Gasteiger partial charge >= 0.3 is 0 Å². The quantitative estimate of drug-likeness (QED) is 0.508. The lowest BCUT2D eigenvalue weighted by Crippen LogP contribution is -2.14. The summed E-state index contributed by atoms with van der Waals surface area (Å²) in [6, 6.07) is 19.1. The first kappa shape index (κ1) is 19.3. The Bertz CT molecular complexity index is 1150. The smallest absolute Gasteiger partial charge is 0.228 e. The van der Waals surface area contributed by atoms with Gasteiger partial charge in [-0.1, -0.05) is 29.8 Å². The first-order valence-corrected chi connectivity index (χ1v) is 9.63. The van der Waals surface area contributed by atoms with Gasteiger partial charge in [-0.05, 0) is 49.7 Å². The topological polar surface area (TPSA) is 84.7 Å². The average Bonchev–Trinajstić information content (AvgIpc) is 3.24. The molecule has 0 bridgehead atoms. The van der Waals surface area contributed by atoms with Gasteiger partial charge in [0.05, 0.1) is 6.42 Å². The molecule has 30 heavy (non-hydrogen) atoms. The Kier molecular flexibility index (Phi) is 5.52. The third-order valence-corrected chi connectivity index (χ3v) is 4.45. The molecule has 0 aliphatic heterocycles. The number of nitrogens with zero attached hydrogens (tertiary/aromatic N) is 4. The highest BCUT2D eigenvalue weighted by Crippen LogP contribution is 2.19. The SMILES string of the molecule is Cc1cccc(CC(=O)Nc2ccc(Nc3cc(-n4cccn4)nc(C)n3)cc2)c1. The lowest BCUT2D eigenvalue weighted by Gasteiger charge is -2.10. The fourth-order valence-electron chi connectivity index (χ4n) is 3.14. The zero-order valence-corrected chi connectivity index (χ0v) is 16.8. The van der Waals surface area contributed by atoms with Crippen LogP contribution in [0.3, 0.4) is 0 Å². The minimum atomic E-state index is -0.0448. The molecule has 4 aromatic rings. The van der Waals surface area contributed by atoms with Gasteiger partial charge in [-0.25, -0.2) is 14.6 Å². The van der Waals surface area contributed by atoms with Crippen molar-refractivity contribution in [3.8, 4) is 5.82 Å². The highest BCUT2D eigenvalue weighted by atomic mass is 16.1. The van der Waals surface area contributed by atoms with Crippen molar-refractivity contribution >= 4 is 23.1 Å². The molecule has 4 rings (SSSR count). The summed E-state index contributed by atoms with van der Waals surface area (Å²) in [7, 11) is 0. The first-order valence-electron chi connectivity index (χ1n) is 9.63. The molecule has 2 N–H and O–H groups in total. The molecule has 0 aliphatic carbocycles. The molecule has 0 radical (unpaired) electrons. The number of hydrogen-bond donors (Lipinski definition) is 2. The third-order valence-electron chi connectivity index (χ3n) is 4.45. The maximum atomic E-state index is 12.3. The summed E-state index contributed by atoms with van der Waals surface area (Å²) in [5.74, 6) is 1.96. The van der Waals surface area contributed by atoms with Crippen LogP contribution in [-0.2, 0) is 11.2 Å². The Morgan fingerprint density at radius 2 is 1.77 bits per heavy atom. The van der Waals surface area contributed by atoms with Gasteiger partial charge in [0.1, 0.15) is 11.6 Å². The van der Waals surface area contributed by atoms with Crippen LogP contribution in [0, 0.1) is 13.8 Å². The van der Waals surface area contributed by atoms with Crippen LogP contribution in [0.2, 0.25) is 0 Å². The molecular formula is C23H22N6O. The van der Waals surface area contributed by atoms with Gasteiger partial charge in [0.15, 0.2) is 5.82 Å². The summed E-state index contributed by atoms with van der Waals surface area (Å²) in [5.41, 5.74) is 3.75. The van der Waals surface area contributed by atoms with Gasteiger partial charge < -0.3 is 10.6 Å². The van der Waals surface area contributed by atoms with E-state index < -0.39 is 0 Å². The van der Waals surface area contributed by atoms with E-state index in [9.17, 15) is 4.79 Å². The van der Waals surface area contributed by atoms with E-state index in [1.807, 2.05) is 80.7 Å². The number of rotatable bonds is 6. The molecule has 2 aromatic heterocycles. The van der Waals surface area contributed by atoms with Crippen LogP contribution in [0.4, 0.5) is 17.2 Å². The minimum Gasteiger partial charge on any atom is -0.340 e. The molecule has 0 atom stereocenters. The van der Waals surface area contributed by atoms with E-state index in [0.29, 0.717) is 23.9 Å². The predicted octanol–water partition coefficient (Wildman–Crippen LogP) is 4.20. The summed E-state index contributed by atoms with van der Waals surface area (Å²) in [6.45, 7) is 3.86. The number of carbonyl (C=O) groups excluding carboxylic acids is 1. The number of aromatic nitrogens is 4. The van der Waals surface area contributed by atoms with E-state index >= 15 is 0 Å². The number of anilines is 3. The number of nitrogens with one attached hydrogen (secondary N) is 2. The monoisotopic (exact) mass is 398 g/mol. The molecule has 7 heteroatoms. The Balaban J connectivity index is 1.41. The molecule has 150 valence electrons. The van der Waals surface area contributed by atoms with E-state index in [0.717, 1.165) is 22.5 Å². The second-order valence-corrected chi connectivity index (χ2v) is 7.03. The number of hydrogen-bond acceptors (Lipinski definition) is 5. The van der Waals surface area contributed by atoms with E-state index in [1.54, 1.807) is 10.9 Å². The largest absolute Gasteiger partial charge is 0.340 e. The van der Waals surface area contributed by atoms with Gasteiger partial charge in [-0.3, -0.25) is 4.79 Å². The predicted molar refractivity (Wildman–Crippen MR) is 117 cm³/mol. The van der Waals surface area contributed by atoms with Crippen molar-refractivity contribution in [2.45, 2.75) is 20.3 Å². The van der Waals surface area contributed by atoms with E-state index in [4.69, 9.17) is 0 Å². The normalized spacial score (nSPS) is 10.6. The zero-order chi connectivity index (χ0) is 20.9. The average molecular weight is 398 g/mol. The van der Waals surface area contributed by atoms with Crippen molar-refractivity contribution in [1.82, 2.24) is 19.7 Å². The number of aryl methyl sites for hydroxylation is 2. The first-order chi connectivity index (χ1) is 14.5. The van der Waals surface area contributed by atoms with Crippen LogP contribution < -0.4 is 10.6 Å².